The predicted octanol–water partition coefficient (Wildman–Crippen LogP) is 2.64. The SMILES string of the molecule is CCNC(=NCc1nnc2n1CCCC2)NCCCC1CCCC1. The highest BCUT2D eigenvalue weighted by molar-refractivity contribution is 5.79. The van der Waals surface area contributed by atoms with Crippen molar-refractivity contribution in [1.29, 1.82) is 0 Å². The molecule has 6 nitrogen and oxygen atoms in total. The average molecular weight is 332 g/mol. The fourth-order valence-electron chi connectivity index (χ4n) is 3.87. The van der Waals surface area contributed by atoms with Gasteiger partial charge in [0.1, 0.15) is 12.4 Å². The van der Waals surface area contributed by atoms with Gasteiger partial charge < -0.3 is 15.2 Å². The van der Waals surface area contributed by atoms with Crippen LogP contribution in [-0.4, -0.2) is 33.8 Å². The Balaban J connectivity index is 1.47. The van der Waals surface area contributed by atoms with Crippen LogP contribution in [0.1, 0.15) is 69.9 Å². The zero-order chi connectivity index (χ0) is 16.6. The molecule has 2 heterocycles. The van der Waals surface area contributed by atoms with Crippen molar-refractivity contribution < 1.29 is 0 Å². The molecule has 0 atom stereocenters. The second-order valence-electron chi connectivity index (χ2n) is 7.06. The van der Waals surface area contributed by atoms with Crippen LogP contribution in [0.25, 0.3) is 0 Å². The first-order valence-corrected chi connectivity index (χ1v) is 9.80. The third-order valence-electron chi connectivity index (χ3n) is 5.22. The quantitative estimate of drug-likeness (QED) is 0.458. The topological polar surface area (TPSA) is 67.1 Å². The molecule has 1 aliphatic heterocycles. The molecule has 2 aliphatic rings. The van der Waals surface area contributed by atoms with Gasteiger partial charge in [0.2, 0.25) is 0 Å². The second kappa shape index (κ2) is 9.04. The molecule has 0 amide bonds. The summed E-state index contributed by atoms with van der Waals surface area (Å²) in [6.07, 6.45) is 11.8. The Bertz CT molecular complexity index is 530. The van der Waals surface area contributed by atoms with E-state index in [1.807, 2.05) is 0 Å². The van der Waals surface area contributed by atoms with E-state index < -0.39 is 0 Å². The van der Waals surface area contributed by atoms with Crippen LogP contribution in [0.5, 0.6) is 0 Å². The van der Waals surface area contributed by atoms with Crippen LogP contribution < -0.4 is 10.6 Å². The largest absolute Gasteiger partial charge is 0.357 e. The van der Waals surface area contributed by atoms with Crippen molar-refractivity contribution in [2.45, 2.75) is 77.8 Å². The van der Waals surface area contributed by atoms with Crippen molar-refractivity contribution in [1.82, 2.24) is 25.4 Å². The number of nitrogens with one attached hydrogen (secondary N) is 2. The molecule has 0 saturated heterocycles. The van der Waals surface area contributed by atoms with Crippen molar-refractivity contribution in [2.24, 2.45) is 10.9 Å². The number of hydrogen-bond acceptors (Lipinski definition) is 3. The normalized spacial score (nSPS) is 18.6. The van der Waals surface area contributed by atoms with Crippen molar-refractivity contribution >= 4 is 5.96 Å². The molecule has 134 valence electrons. The van der Waals surface area contributed by atoms with E-state index in [9.17, 15) is 0 Å². The van der Waals surface area contributed by atoms with E-state index in [0.29, 0.717) is 6.54 Å². The second-order valence-corrected chi connectivity index (χ2v) is 7.06. The standard InChI is InChI=1S/C18H32N6/c1-2-19-18(20-12-7-10-15-8-3-4-9-15)21-14-17-23-22-16-11-5-6-13-24(16)17/h15H,2-14H2,1H3,(H2,19,20,21). The Morgan fingerprint density at radius 3 is 2.88 bits per heavy atom. The maximum atomic E-state index is 4.70. The third-order valence-corrected chi connectivity index (χ3v) is 5.22. The summed E-state index contributed by atoms with van der Waals surface area (Å²) in [6.45, 7) is 5.63. The van der Waals surface area contributed by atoms with E-state index in [1.165, 1.54) is 51.4 Å². The molecule has 0 aromatic carbocycles. The van der Waals surface area contributed by atoms with E-state index in [0.717, 1.165) is 49.6 Å². The molecule has 24 heavy (non-hydrogen) atoms. The first-order valence-electron chi connectivity index (χ1n) is 9.80. The van der Waals surface area contributed by atoms with Crippen molar-refractivity contribution in [2.75, 3.05) is 13.1 Å². The Hall–Kier alpha value is -1.59. The van der Waals surface area contributed by atoms with Crippen molar-refractivity contribution in [3.63, 3.8) is 0 Å². The van der Waals surface area contributed by atoms with Crippen LogP contribution in [0, 0.1) is 5.92 Å². The lowest BCUT2D eigenvalue weighted by molar-refractivity contribution is 0.481. The van der Waals surface area contributed by atoms with Crippen LogP contribution in [-0.2, 0) is 19.5 Å². The molecule has 2 N–H and O–H groups in total. The Morgan fingerprint density at radius 1 is 1.17 bits per heavy atom. The maximum Gasteiger partial charge on any atom is 0.191 e. The number of nitrogens with zero attached hydrogens (tertiary/aromatic N) is 4. The molecule has 0 unspecified atom stereocenters. The molecule has 3 rings (SSSR count). The molecular formula is C18H32N6. The van der Waals surface area contributed by atoms with Crippen LogP contribution >= 0.6 is 0 Å². The highest BCUT2D eigenvalue weighted by Gasteiger charge is 2.16. The minimum absolute atomic E-state index is 0.602. The van der Waals surface area contributed by atoms with Gasteiger partial charge in [-0.2, -0.15) is 0 Å². The molecule has 1 fully saturated rings. The van der Waals surface area contributed by atoms with Gasteiger partial charge in [-0.3, -0.25) is 0 Å². The van der Waals surface area contributed by atoms with E-state index in [1.54, 1.807) is 0 Å². The van der Waals surface area contributed by atoms with Gasteiger partial charge in [0.15, 0.2) is 11.8 Å². The maximum absolute atomic E-state index is 4.70. The van der Waals surface area contributed by atoms with Crippen LogP contribution in [0.4, 0.5) is 0 Å². The number of aromatic nitrogens is 3. The van der Waals surface area contributed by atoms with Crippen LogP contribution in [0.3, 0.4) is 0 Å². The molecule has 1 saturated carbocycles. The summed E-state index contributed by atoms with van der Waals surface area (Å²) in [7, 11) is 0. The van der Waals surface area contributed by atoms with Gasteiger partial charge in [0, 0.05) is 26.1 Å². The molecule has 1 aromatic heterocycles. The first kappa shape index (κ1) is 17.2. The van der Waals surface area contributed by atoms with Gasteiger partial charge in [0.25, 0.3) is 0 Å². The number of fused-ring (bicyclic) bond motifs is 1. The monoisotopic (exact) mass is 332 g/mol. The summed E-state index contributed by atoms with van der Waals surface area (Å²) in [5.74, 6) is 3.99. The van der Waals surface area contributed by atoms with Gasteiger partial charge in [-0.25, -0.2) is 4.99 Å². The van der Waals surface area contributed by atoms with E-state index in [2.05, 4.69) is 32.3 Å². The first-order chi connectivity index (χ1) is 11.9. The van der Waals surface area contributed by atoms with Crippen LogP contribution in [0.15, 0.2) is 4.99 Å². The molecule has 0 bridgehead atoms. The molecule has 6 heteroatoms. The van der Waals surface area contributed by atoms with E-state index >= 15 is 0 Å². The minimum Gasteiger partial charge on any atom is -0.357 e. The highest BCUT2D eigenvalue weighted by Crippen LogP contribution is 2.28. The molecule has 0 radical (unpaired) electrons. The zero-order valence-corrected chi connectivity index (χ0v) is 15.1. The smallest absolute Gasteiger partial charge is 0.191 e. The molecule has 1 aromatic rings. The van der Waals surface area contributed by atoms with E-state index in [4.69, 9.17) is 4.99 Å². The van der Waals surface area contributed by atoms with Crippen molar-refractivity contribution in [3.8, 4) is 0 Å². The lowest BCUT2D eigenvalue weighted by Gasteiger charge is -2.15. The van der Waals surface area contributed by atoms with Gasteiger partial charge in [0.05, 0.1) is 0 Å². The van der Waals surface area contributed by atoms with Crippen LogP contribution in [0.2, 0.25) is 0 Å². The number of rotatable bonds is 7. The lowest BCUT2D eigenvalue weighted by Crippen LogP contribution is -2.38. The summed E-state index contributed by atoms with van der Waals surface area (Å²) in [5.41, 5.74) is 0. The number of guanidine groups is 1. The lowest BCUT2D eigenvalue weighted by atomic mass is 10.0. The number of aliphatic imine (C=N–C) groups is 1. The number of aryl methyl sites for hydroxylation is 1. The van der Waals surface area contributed by atoms with Crippen molar-refractivity contribution in [3.05, 3.63) is 11.6 Å². The Kier molecular flexibility index (Phi) is 6.49. The fourth-order valence-corrected chi connectivity index (χ4v) is 3.87. The molecule has 0 spiro atoms. The number of hydrogen-bond donors (Lipinski definition) is 2. The highest BCUT2D eigenvalue weighted by atomic mass is 15.3. The summed E-state index contributed by atoms with van der Waals surface area (Å²) in [5, 5.41) is 15.4. The zero-order valence-electron chi connectivity index (χ0n) is 15.1. The summed E-state index contributed by atoms with van der Waals surface area (Å²) < 4.78 is 2.25. The van der Waals surface area contributed by atoms with Gasteiger partial charge in [-0.05, 0) is 38.5 Å². The minimum atomic E-state index is 0.602. The van der Waals surface area contributed by atoms with E-state index in [-0.39, 0.29) is 0 Å². The van der Waals surface area contributed by atoms with Gasteiger partial charge in [-0.1, -0.05) is 25.7 Å². The summed E-state index contributed by atoms with van der Waals surface area (Å²) in [4.78, 5) is 4.70. The molecule has 1 aliphatic carbocycles. The Labute approximate surface area is 145 Å². The summed E-state index contributed by atoms with van der Waals surface area (Å²) >= 11 is 0. The fraction of sp³-hybridized carbons (Fsp3) is 0.833. The predicted molar refractivity (Wildman–Crippen MR) is 97.0 cm³/mol. The average Bonchev–Trinajstić information content (AvgIpc) is 3.26. The van der Waals surface area contributed by atoms with Gasteiger partial charge >= 0.3 is 0 Å². The summed E-state index contributed by atoms with van der Waals surface area (Å²) in [6, 6.07) is 0. The van der Waals surface area contributed by atoms with Gasteiger partial charge in [-0.15, -0.1) is 10.2 Å². The molecular weight excluding hydrogens is 300 g/mol. The Morgan fingerprint density at radius 2 is 2.04 bits per heavy atom. The third kappa shape index (κ3) is 4.71.